The summed E-state index contributed by atoms with van der Waals surface area (Å²) in [7, 11) is 2.99. The molecule has 0 aliphatic heterocycles. The van der Waals surface area contributed by atoms with Crippen molar-refractivity contribution in [3.05, 3.63) is 58.6 Å². The van der Waals surface area contributed by atoms with E-state index in [0.29, 0.717) is 17.1 Å². The predicted molar refractivity (Wildman–Crippen MR) is 109 cm³/mol. The van der Waals surface area contributed by atoms with Crippen molar-refractivity contribution in [3.8, 4) is 11.5 Å². The Kier molecular flexibility index (Phi) is 7.46. The number of hydrogen-bond acceptors (Lipinski definition) is 4. The Morgan fingerprint density at radius 1 is 1.10 bits per heavy atom. The maximum atomic E-state index is 12.8. The number of methoxy groups -OCH3 is 2. The molecule has 2 rings (SSSR count). The van der Waals surface area contributed by atoms with Gasteiger partial charge in [-0.3, -0.25) is 10.1 Å². The van der Waals surface area contributed by atoms with Gasteiger partial charge in [0.2, 0.25) is 5.91 Å². The van der Waals surface area contributed by atoms with Crippen LogP contribution in [0.15, 0.2) is 42.5 Å². The Morgan fingerprint density at radius 2 is 1.79 bits per heavy atom. The molecular formula is C19H16ClF3N2O3S. The van der Waals surface area contributed by atoms with Crippen LogP contribution in [0.3, 0.4) is 0 Å². The summed E-state index contributed by atoms with van der Waals surface area (Å²) in [6.07, 6.45) is -1.81. The molecule has 0 atom stereocenters. The summed E-state index contributed by atoms with van der Waals surface area (Å²) >= 11 is 10.8. The number of rotatable bonds is 5. The van der Waals surface area contributed by atoms with E-state index < -0.39 is 17.6 Å². The molecule has 0 saturated heterocycles. The van der Waals surface area contributed by atoms with Gasteiger partial charge in [-0.25, -0.2) is 0 Å². The monoisotopic (exact) mass is 444 g/mol. The van der Waals surface area contributed by atoms with E-state index >= 15 is 0 Å². The van der Waals surface area contributed by atoms with Gasteiger partial charge in [0, 0.05) is 6.08 Å². The minimum Gasteiger partial charge on any atom is -0.493 e. The van der Waals surface area contributed by atoms with E-state index in [1.54, 1.807) is 18.2 Å². The highest BCUT2D eigenvalue weighted by molar-refractivity contribution is 7.80. The van der Waals surface area contributed by atoms with Crippen molar-refractivity contribution in [2.24, 2.45) is 0 Å². The summed E-state index contributed by atoms with van der Waals surface area (Å²) in [6, 6.07) is 7.80. The number of carbonyl (C=O) groups is 1. The molecule has 0 radical (unpaired) electrons. The quantitative estimate of drug-likeness (QED) is 0.507. The molecule has 10 heteroatoms. The smallest absolute Gasteiger partial charge is 0.416 e. The molecule has 0 saturated carbocycles. The minimum atomic E-state index is -4.53. The summed E-state index contributed by atoms with van der Waals surface area (Å²) in [6.45, 7) is 0. The van der Waals surface area contributed by atoms with Crippen LogP contribution in [0.25, 0.3) is 6.08 Å². The summed E-state index contributed by atoms with van der Waals surface area (Å²) in [5.41, 5.74) is -0.305. The lowest BCUT2D eigenvalue weighted by Gasteiger charge is -2.13. The molecule has 5 nitrogen and oxygen atoms in total. The second kappa shape index (κ2) is 9.62. The Bertz CT molecular complexity index is 949. The lowest BCUT2D eigenvalue weighted by atomic mass is 10.2. The van der Waals surface area contributed by atoms with Crippen LogP contribution in [0.2, 0.25) is 5.02 Å². The number of ether oxygens (including phenoxy) is 2. The summed E-state index contributed by atoms with van der Waals surface area (Å²) < 4.78 is 48.7. The molecule has 0 aliphatic carbocycles. The largest absolute Gasteiger partial charge is 0.493 e. The molecule has 0 aliphatic rings. The number of hydrogen-bond donors (Lipinski definition) is 2. The molecule has 0 spiro atoms. The number of nitrogens with one attached hydrogen (secondary N) is 2. The number of anilines is 1. The van der Waals surface area contributed by atoms with Gasteiger partial charge in [0.1, 0.15) is 0 Å². The molecule has 2 N–H and O–H groups in total. The summed E-state index contributed by atoms with van der Waals surface area (Å²) in [5, 5.41) is 4.64. The number of alkyl halides is 3. The first kappa shape index (κ1) is 22.5. The number of halogens is 4. The fourth-order valence-electron chi connectivity index (χ4n) is 2.23. The first-order chi connectivity index (χ1) is 13.6. The molecular weight excluding hydrogens is 429 g/mol. The molecule has 154 valence electrons. The molecule has 0 fully saturated rings. The van der Waals surface area contributed by atoms with Gasteiger partial charge in [-0.05, 0) is 54.2 Å². The second-order valence-corrected chi connectivity index (χ2v) is 6.40. The molecule has 0 heterocycles. The zero-order valence-corrected chi connectivity index (χ0v) is 16.8. The predicted octanol–water partition coefficient (Wildman–Crippen LogP) is 4.90. The maximum absolute atomic E-state index is 12.8. The molecule has 2 aromatic carbocycles. The van der Waals surface area contributed by atoms with E-state index in [0.717, 1.165) is 18.2 Å². The zero-order chi connectivity index (χ0) is 21.6. The van der Waals surface area contributed by atoms with E-state index in [1.807, 2.05) is 0 Å². The zero-order valence-electron chi connectivity index (χ0n) is 15.3. The van der Waals surface area contributed by atoms with Crippen LogP contribution < -0.4 is 20.1 Å². The minimum absolute atomic E-state index is 0.0236. The van der Waals surface area contributed by atoms with Crippen molar-refractivity contribution in [1.29, 1.82) is 0 Å². The first-order valence-corrected chi connectivity index (χ1v) is 8.81. The Labute approximate surface area is 175 Å². The fourth-order valence-corrected chi connectivity index (χ4v) is 2.61. The van der Waals surface area contributed by atoms with Gasteiger partial charge in [-0.15, -0.1) is 0 Å². The highest BCUT2D eigenvalue weighted by atomic mass is 35.5. The van der Waals surface area contributed by atoms with Gasteiger partial charge < -0.3 is 14.8 Å². The third-order valence-corrected chi connectivity index (χ3v) is 4.15. The van der Waals surface area contributed by atoms with Gasteiger partial charge in [0.25, 0.3) is 0 Å². The van der Waals surface area contributed by atoms with Crippen LogP contribution in [-0.4, -0.2) is 25.2 Å². The van der Waals surface area contributed by atoms with Crippen LogP contribution >= 0.6 is 23.8 Å². The van der Waals surface area contributed by atoms with Gasteiger partial charge in [-0.1, -0.05) is 17.7 Å². The van der Waals surface area contributed by atoms with E-state index in [1.165, 1.54) is 26.4 Å². The van der Waals surface area contributed by atoms with Crippen molar-refractivity contribution >= 4 is 46.6 Å². The second-order valence-electron chi connectivity index (χ2n) is 5.58. The standard InChI is InChI=1S/C19H16ClF3N2O3S/c1-27-15-7-3-11(9-16(15)28-2)4-8-17(26)25-18(29)24-14-10-12(19(21,22)23)5-6-13(14)20/h3-10H,1-2H3,(H2,24,25,26,29)/b8-4+. The summed E-state index contributed by atoms with van der Waals surface area (Å²) in [5.74, 6) is 0.448. The number of thiocarbonyl (C=S) groups is 1. The lowest BCUT2D eigenvalue weighted by Crippen LogP contribution is -2.33. The van der Waals surface area contributed by atoms with E-state index in [2.05, 4.69) is 10.6 Å². The van der Waals surface area contributed by atoms with Gasteiger partial charge in [-0.2, -0.15) is 13.2 Å². The van der Waals surface area contributed by atoms with Gasteiger partial charge in [0.15, 0.2) is 16.6 Å². The van der Waals surface area contributed by atoms with Crippen molar-refractivity contribution < 1.29 is 27.4 Å². The molecule has 0 aromatic heterocycles. The SMILES string of the molecule is COc1ccc(/C=C/C(=O)NC(=S)Nc2cc(C(F)(F)F)ccc2Cl)cc1OC. The number of benzene rings is 2. The van der Waals surface area contributed by atoms with Crippen molar-refractivity contribution in [2.75, 3.05) is 19.5 Å². The Balaban J connectivity index is 2.03. The van der Waals surface area contributed by atoms with E-state index in [4.69, 9.17) is 33.3 Å². The Morgan fingerprint density at radius 3 is 2.41 bits per heavy atom. The Hall–Kier alpha value is -2.78. The lowest BCUT2D eigenvalue weighted by molar-refractivity contribution is -0.137. The van der Waals surface area contributed by atoms with Crippen LogP contribution in [0, 0.1) is 0 Å². The first-order valence-electron chi connectivity index (χ1n) is 8.03. The third kappa shape index (κ3) is 6.37. The van der Waals surface area contributed by atoms with Crippen LogP contribution in [0.4, 0.5) is 18.9 Å². The van der Waals surface area contributed by atoms with Crippen molar-refractivity contribution in [2.45, 2.75) is 6.18 Å². The van der Waals surface area contributed by atoms with Crippen LogP contribution in [0.5, 0.6) is 11.5 Å². The molecule has 2 aromatic rings. The molecule has 0 unspecified atom stereocenters. The van der Waals surface area contributed by atoms with Crippen molar-refractivity contribution in [1.82, 2.24) is 5.32 Å². The molecule has 29 heavy (non-hydrogen) atoms. The van der Waals surface area contributed by atoms with E-state index in [9.17, 15) is 18.0 Å². The topological polar surface area (TPSA) is 59.6 Å². The van der Waals surface area contributed by atoms with Crippen LogP contribution in [-0.2, 0) is 11.0 Å². The fraction of sp³-hybridized carbons (Fsp3) is 0.158. The molecule has 1 amide bonds. The summed E-state index contributed by atoms with van der Waals surface area (Å²) in [4.78, 5) is 12.0. The van der Waals surface area contributed by atoms with Crippen LogP contribution in [0.1, 0.15) is 11.1 Å². The average Bonchev–Trinajstić information content (AvgIpc) is 2.66. The van der Waals surface area contributed by atoms with Gasteiger partial charge in [0.05, 0.1) is 30.5 Å². The van der Waals surface area contributed by atoms with Gasteiger partial charge >= 0.3 is 6.18 Å². The van der Waals surface area contributed by atoms with E-state index in [-0.39, 0.29) is 15.8 Å². The van der Waals surface area contributed by atoms with Crippen molar-refractivity contribution in [3.63, 3.8) is 0 Å². The number of carbonyl (C=O) groups excluding carboxylic acids is 1. The highest BCUT2D eigenvalue weighted by Crippen LogP contribution is 2.33. The average molecular weight is 445 g/mol. The molecule has 0 bridgehead atoms. The maximum Gasteiger partial charge on any atom is 0.416 e. The normalized spacial score (nSPS) is 11.2. The third-order valence-electron chi connectivity index (χ3n) is 3.61. The highest BCUT2D eigenvalue weighted by Gasteiger charge is 2.31. The number of amides is 1.